The van der Waals surface area contributed by atoms with Gasteiger partial charge in [0.15, 0.2) is 4.90 Å². The maximum absolute atomic E-state index is 13.4. The van der Waals surface area contributed by atoms with E-state index >= 15 is 0 Å². The quantitative estimate of drug-likeness (QED) is 0.221. The van der Waals surface area contributed by atoms with Crippen LogP contribution < -0.4 is 0 Å². The molecule has 0 amide bonds. The number of rotatable bonds is 12. The Morgan fingerprint density at radius 2 is 2.07 bits per heavy atom. The van der Waals surface area contributed by atoms with Gasteiger partial charge in [-0.1, -0.05) is 30.4 Å². The summed E-state index contributed by atoms with van der Waals surface area (Å²) in [5.41, 5.74) is 0.342. The second-order valence-electron chi connectivity index (χ2n) is 7.05. The Kier molecular flexibility index (Phi) is 7.69. The van der Waals surface area contributed by atoms with Crippen LogP contribution in [0.2, 0.25) is 0 Å². The molecule has 0 saturated heterocycles. The lowest BCUT2D eigenvalue weighted by Gasteiger charge is -2.28. The molecule has 0 heterocycles. The van der Waals surface area contributed by atoms with E-state index in [1.165, 1.54) is 31.4 Å². The van der Waals surface area contributed by atoms with Crippen LogP contribution in [-0.4, -0.2) is 43.3 Å². The van der Waals surface area contributed by atoms with Gasteiger partial charge < -0.3 is 4.74 Å². The summed E-state index contributed by atoms with van der Waals surface area (Å²) >= 11 is 0. The van der Waals surface area contributed by atoms with Crippen molar-refractivity contribution >= 4 is 21.7 Å². The Bertz CT molecular complexity index is 892. The van der Waals surface area contributed by atoms with Crippen molar-refractivity contribution in [3.63, 3.8) is 0 Å². The number of nitrogens with zero attached hydrogens (tertiary/aromatic N) is 2. The Hall–Kier alpha value is -2.52. The number of sulfonamides is 1. The molecular formula is C20H26N2O6S. The van der Waals surface area contributed by atoms with Gasteiger partial charge in [-0.3, -0.25) is 14.9 Å². The molecule has 1 saturated carbocycles. The SMILES string of the molecule is C=CC[C@@H](C(=O)OC)N(CCC(=C)CC1CC1)S(=O)(=O)c1ccccc1[N+](=O)[O-]. The highest BCUT2D eigenvalue weighted by molar-refractivity contribution is 7.89. The second kappa shape index (κ2) is 9.80. The van der Waals surface area contributed by atoms with Crippen LogP contribution in [0.4, 0.5) is 5.69 Å². The second-order valence-corrected chi connectivity index (χ2v) is 8.91. The van der Waals surface area contributed by atoms with Crippen LogP contribution >= 0.6 is 0 Å². The van der Waals surface area contributed by atoms with Crippen molar-refractivity contribution in [2.45, 2.75) is 43.0 Å². The number of hydrogen-bond acceptors (Lipinski definition) is 6. The van der Waals surface area contributed by atoms with E-state index in [1.807, 2.05) is 0 Å². The maximum atomic E-state index is 13.4. The van der Waals surface area contributed by atoms with Crippen molar-refractivity contribution in [1.29, 1.82) is 0 Å². The number of esters is 1. The van der Waals surface area contributed by atoms with Gasteiger partial charge in [-0.05, 0) is 44.1 Å². The standard InChI is InChI=1S/C20H26N2O6S/c1-4-7-18(20(23)28-3)21(13-12-15(2)14-16-10-11-16)29(26,27)19-9-6-5-8-17(19)22(24)25/h4-6,8-9,16,18H,1-2,7,10-14H2,3H3/t18-/m0/s1. The highest BCUT2D eigenvalue weighted by Crippen LogP contribution is 2.36. The predicted octanol–water partition coefficient (Wildman–Crippen LogP) is 3.45. The fraction of sp³-hybridized carbons (Fsp3) is 0.450. The van der Waals surface area contributed by atoms with Crippen molar-refractivity contribution in [2.24, 2.45) is 5.92 Å². The zero-order valence-electron chi connectivity index (χ0n) is 16.5. The van der Waals surface area contributed by atoms with E-state index < -0.39 is 37.5 Å². The molecule has 9 heteroatoms. The summed E-state index contributed by atoms with van der Waals surface area (Å²) in [4.78, 5) is 22.5. The van der Waals surface area contributed by atoms with Crippen LogP contribution in [0, 0.1) is 16.0 Å². The Balaban J connectivity index is 2.43. The van der Waals surface area contributed by atoms with Gasteiger partial charge in [0.2, 0.25) is 0 Å². The fourth-order valence-corrected chi connectivity index (χ4v) is 4.87. The summed E-state index contributed by atoms with van der Waals surface area (Å²) in [5, 5.41) is 11.4. The summed E-state index contributed by atoms with van der Waals surface area (Å²) in [7, 11) is -3.19. The lowest BCUT2D eigenvalue weighted by Crippen LogP contribution is -2.46. The normalized spacial score (nSPS) is 15.0. The molecule has 0 radical (unpaired) electrons. The molecule has 0 N–H and O–H groups in total. The molecule has 158 valence electrons. The average Bonchev–Trinajstić information content (AvgIpc) is 3.50. The first-order valence-electron chi connectivity index (χ1n) is 9.33. The molecule has 0 aromatic heterocycles. The molecule has 1 aromatic rings. The minimum Gasteiger partial charge on any atom is -0.468 e. The van der Waals surface area contributed by atoms with Gasteiger partial charge in [-0.25, -0.2) is 8.42 Å². The zero-order chi connectivity index (χ0) is 21.6. The lowest BCUT2D eigenvalue weighted by atomic mass is 10.1. The number of nitro benzene ring substituents is 1. The van der Waals surface area contributed by atoms with Gasteiger partial charge in [0, 0.05) is 12.6 Å². The van der Waals surface area contributed by atoms with E-state index in [1.54, 1.807) is 0 Å². The topological polar surface area (TPSA) is 107 Å². The number of nitro groups is 1. The first kappa shape index (κ1) is 22.8. The Labute approximate surface area is 171 Å². The van der Waals surface area contributed by atoms with E-state index in [4.69, 9.17) is 4.74 Å². The van der Waals surface area contributed by atoms with Crippen LogP contribution in [0.15, 0.2) is 54.0 Å². The van der Waals surface area contributed by atoms with E-state index in [-0.39, 0.29) is 13.0 Å². The molecule has 1 aliphatic carbocycles. The highest BCUT2D eigenvalue weighted by atomic mass is 32.2. The average molecular weight is 423 g/mol. The third-order valence-corrected chi connectivity index (χ3v) is 6.77. The van der Waals surface area contributed by atoms with Crippen molar-refractivity contribution in [3.8, 4) is 0 Å². The molecule has 8 nitrogen and oxygen atoms in total. The van der Waals surface area contributed by atoms with Crippen molar-refractivity contribution in [1.82, 2.24) is 4.31 Å². The van der Waals surface area contributed by atoms with Crippen molar-refractivity contribution in [2.75, 3.05) is 13.7 Å². The number of ether oxygens (including phenoxy) is 1. The molecule has 0 unspecified atom stereocenters. The molecule has 0 spiro atoms. The van der Waals surface area contributed by atoms with E-state index in [0.717, 1.165) is 35.2 Å². The van der Waals surface area contributed by atoms with Crippen LogP contribution in [0.1, 0.15) is 32.1 Å². The first-order chi connectivity index (χ1) is 13.7. The minimum absolute atomic E-state index is 0.0155. The molecule has 0 aliphatic heterocycles. The van der Waals surface area contributed by atoms with Gasteiger partial charge in [0.1, 0.15) is 6.04 Å². The summed E-state index contributed by atoms with van der Waals surface area (Å²) in [6.45, 7) is 7.57. The number of methoxy groups -OCH3 is 1. The molecule has 29 heavy (non-hydrogen) atoms. The molecule has 0 bridgehead atoms. The number of benzene rings is 1. The summed E-state index contributed by atoms with van der Waals surface area (Å²) in [5.74, 6) is -0.160. The van der Waals surface area contributed by atoms with Crippen LogP contribution in [0.25, 0.3) is 0 Å². The zero-order valence-corrected chi connectivity index (χ0v) is 17.3. The smallest absolute Gasteiger partial charge is 0.324 e. The van der Waals surface area contributed by atoms with Crippen LogP contribution in [-0.2, 0) is 19.6 Å². The predicted molar refractivity (Wildman–Crippen MR) is 109 cm³/mol. The Morgan fingerprint density at radius 1 is 1.41 bits per heavy atom. The molecule has 2 rings (SSSR count). The van der Waals surface area contributed by atoms with E-state index in [2.05, 4.69) is 13.2 Å². The van der Waals surface area contributed by atoms with Gasteiger partial charge in [-0.15, -0.1) is 6.58 Å². The largest absolute Gasteiger partial charge is 0.468 e. The van der Waals surface area contributed by atoms with E-state index in [9.17, 15) is 23.3 Å². The Morgan fingerprint density at radius 3 is 2.62 bits per heavy atom. The monoisotopic (exact) mass is 422 g/mol. The maximum Gasteiger partial charge on any atom is 0.324 e. The van der Waals surface area contributed by atoms with E-state index in [0.29, 0.717) is 12.3 Å². The van der Waals surface area contributed by atoms with Crippen molar-refractivity contribution < 1.29 is 22.9 Å². The third-order valence-electron chi connectivity index (χ3n) is 4.82. The molecule has 1 aliphatic rings. The molecule has 1 atom stereocenters. The van der Waals surface area contributed by atoms with Gasteiger partial charge in [0.05, 0.1) is 12.0 Å². The minimum atomic E-state index is -4.36. The molecule has 1 fully saturated rings. The highest BCUT2D eigenvalue weighted by Gasteiger charge is 2.39. The number of para-hydroxylation sites is 1. The fourth-order valence-electron chi connectivity index (χ4n) is 3.12. The van der Waals surface area contributed by atoms with Gasteiger partial charge >= 0.3 is 5.97 Å². The number of hydrogen-bond donors (Lipinski definition) is 0. The van der Waals surface area contributed by atoms with Crippen LogP contribution in [0.5, 0.6) is 0 Å². The molecule has 1 aromatic carbocycles. The summed E-state index contributed by atoms with van der Waals surface area (Å²) in [6.07, 6.45) is 4.87. The summed E-state index contributed by atoms with van der Waals surface area (Å²) in [6, 6.07) is 3.92. The lowest BCUT2D eigenvalue weighted by molar-refractivity contribution is -0.387. The van der Waals surface area contributed by atoms with Gasteiger partial charge in [-0.2, -0.15) is 4.31 Å². The number of carbonyl (C=O) groups is 1. The third kappa shape index (κ3) is 5.74. The van der Waals surface area contributed by atoms with Crippen molar-refractivity contribution in [3.05, 3.63) is 59.2 Å². The first-order valence-corrected chi connectivity index (χ1v) is 10.8. The van der Waals surface area contributed by atoms with Crippen LogP contribution in [0.3, 0.4) is 0 Å². The molecular weight excluding hydrogens is 396 g/mol. The summed E-state index contributed by atoms with van der Waals surface area (Å²) < 4.78 is 32.5. The number of carbonyl (C=O) groups excluding carboxylic acids is 1. The van der Waals surface area contributed by atoms with Gasteiger partial charge in [0.25, 0.3) is 15.7 Å².